The van der Waals surface area contributed by atoms with Gasteiger partial charge in [-0.05, 0) is 43.5 Å². The molecule has 4 rings (SSSR count). The lowest BCUT2D eigenvalue weighted by atomic mass is 9.93. The second-order valence-electron chi connectivity index (χ2n) is 6.90. The third-order valence-corrected chi connectivity index (χ3v) is 5.06. The van der Waals surface area contributed by atoms with Crippen LogP contribution in [0.2, 0.25) is 0 Å². The molecule has 0 saturated carbocycles. The molecule has 1 fully saturated rings. The van der Waals surface area contributed by atoms with E-state index in [4.69, 9.17) is 4.98 Å². The lowest BCUT2D eigenvalue weighted by Gasteiger charge is -2.32. The van der Waals surface area contributed by atoms with Gasteiger partial charge in [0.05, 0.1) is 18.1 Å². The Morgan fingerprint density at radius 3 is 2.92 bits per heavy atom. The van der Waals surface area contributed by atoms with Crippen LogP contribution in [-0.4, -0.2) is 38.3 Å². The van der Waals surface area contributed by atoms with Crippen LogP contribution in [0.5, 0.6) is 0 Å². The summed E-state index contributed by atoms with van der Waals surface area (Å²) in [4.78, 5) is 23.5. The lowest BCUT2D eigenvalue weighted by molar-refractivity contribution is -0.131. The van der Waals surface area contributed by atoms with Crippen molar-refractivity contribution < 1.29 is 9.18 Å². The SMILES string of the molecule is Cc1nc(C2CCCN(C(=O)Cc3ccc(F)cc3)C2)cc2cncn12. The van der Waals surface area contributed by atoms with Gasteiger partial charge in [0.25, 0.3) is 0 Å². The number of hydrogen-bond acceptors (Lipinski definition) is 3. The first-order valence-electron chi connectivity index (χ1n) is 8.92. The molecule has 1 unspecified atom stereocenters. The molecule has 1 aliphatic heterocycles. The number of imidazole rings is 1. The van der Waals surface area contributed by atoms with Gasteiger partial charge in [0.2, 0.25) is 5.91 Å². The molecule has 0 N–H and O–H groups in total. The fourth-order valence-electron chi connectivity index (χ4n) is 3.65. The van der Waals surface area contributed by atoms with E-state index < -0.39 is 0 Å². The van der Waals surface area contributed by atoms with E-state index in [1.807, 2.05) is 22.4 Å². The number of benzene rings is 1. The topological polar surface area (TPSA) is 50.5 Å². The summed E-state index contributed by atoms with van der Waals surface area (Å²) in [6, 6.07) is 8.21. The maximum atomic E-state index is 13.0. The number of piperidine rings is 1. The molecule has 1 aliphatic rings. The molecule has 134 valence electrons. The van der Waals surface area contributed by atoms with E-state index in [0.717, 1.165) is 42.0 Å². The standard InChI is InChI=1S/C20H21FN4O/c1-14-23-19(10-18-11-22-13-25(14)18)16-3-2-8-24(12-16)20(26)9-15-4-6-17(21)7-5-15/h4-7,10-11,13,16H,2-3,8-9,12H2,1H3. The predicted molar refractivity (Wildman–Crippen MR) is 96.4 cm³/mol. The van der Waals surface area contributed by atoms with Crippen molar-refractivity contribution in [3.8, 4) is 0 Å². The number of aryl methyl sites for hydroxylation is 1. The van der Waals surface area contributed by atoms with Crippen molar-refractivity contribution in [2.75, 3.05) is 13.1 Å². The highest BCUT2D eigenvalue weighted by Gasteiger charge is 2.26. The summed E-state index contributed by atoms with van der Waals surface area (Å²) < 4.78 is 15.0. The van der Waals surface area contributed by atoms with E-state index in [1.54, 1.807) is 18.5 Å². The molecule has 0 bridgehead atoms. The van der Waals surface area contributed by atoms with Gasteiger partial charge >= 0.3 is 0 Å². The van der Waals surface area contributed by atoms with Crippen LogP contribution in [0.15, 0.2) is 42.9 Å². The van der Waals surface area contributed by atoms with E-state index in [0.29, 0.717) is 13.0 Å². The summed E-state index contributed by atoms with van der Waals surface area (Å²) in [6.07, 6.45) is 5.89. The summed E-state index contributed by atoms with van der Waals surface area (Å²) in [6.45, 7) is 3.42. The monoisotopic (exact) mass is 352 g/mol. The van der Waals surface area contributed by atoms with E-state index in [-0.39, 0.29) is 17.6 Å². The average Bonchev–Trinajstić information content (AvgIpc) is 3.13. The zero-order valence-electron chi connectivity index (χ0n) is 14.7. The molecule has 1 atom stereocenters. The molecule has 3 aromatic rings. The van der Waals surface area contributed by atoms with E-state index in [2.05, 4.69) is 11.1 Å². The van der Waals surface area contributed by atoms with Crippen LogP contribution in [0.4, 0.5) is 4.39 Å². The maximum Gasteiger partial charge on any atom is 0.227 e. The number of aromatic nitrogens is 3. The van der Waals surface area contributed by atoms with E-state index in [9.17, 15) is 9.18 Å². The van der Waals surface area contributed by atoms with Crippen molar-refractivity contribution in [1.29, 1.82) is 0 Å². The number of carbonyl (C=O) groups is 1. The van der Waals surface area contributed by atoms with Crippen LogP contribution >= 0.6 is 0 Å². The molecule has 1 amide bonds. The Labute approximate surface area is 151 Å². The predicted octanol–water partition coefficient (Wildman–Crippen LogP) is 3.13. The number of hydrogen-bond donors (Lipinski definition) is 0. The van der Waals surface area contributed by atoms with Crippen molar-refractivity contribution in [1.82, 2.24) is 19.3 Å². The van der Waals surface area contributed by atoms with Crippen molar-refractivity contribution >= 4 is 11.4 Å². The number of rotatable bonds is 3. The zero-order chi connectivity index (χ0) is 18.1. The molecule has 2 aromatic heterocycles. The molecule has 1 saturated heterocycles. The summed E-state index contributed by atoms with van der Waals surface area (Å²) in [5.74, 6) is 0.948. The van der Waals surface area contributed by atoms with Gasteiger partial charge in [-0.2, -0.15) is 0 Å². The fourth-order valence-corrected chi connectivity index (χ4v) is 3.65. The first-order valence-corrected chi connectivity index (χ1v) is 8.92. The van der Waals surface area contributed by atoms with Crippen LogP contribution in [-0.2, 0) is 11.2 Å². The van der Waals surface area contributed by atoms with Crippen molar-refractivity contribution in [2.45, 2.75) is 32.1 Å². The lowest BCUT2D eigenvalue weighted by Crippen LogP contribution is -2.40. The summed E-state index contributed by atoms with van der Waals surface area (Å²) in [5, 5.41) is 0. The van der Waals surface area contributed by atoms with Gasteiger partial charge < -0.3 is 4.90 Å². The highest BCUT2D eigenvalue weighted by Crippen LogP contribution is 2.27. The summed E-state index contributed by atoms with van der Waals surface area (Å²) >= 11 is 0. The molecule has 1 aromatic carbocycles. The average molecular weight is 352 g/mol. The van der Waals surface area contributed by atoms with Crippen molar-refractivity contribution in [3.05, 3.63) is 65.8 Å². The summed E-state index contributed by atoms with van der Waals surface area (Å²) in [5.41, 5.74) is 2.89. The van der Waals surface area contributed by atoms with Crippen LogP contribution in [0.1, 0.15) is 35.8 Å². The molecule has 0 aliphatic carbocycles. The highest BCUT2D eigenvalue weighted by molar-refractivity contribution is 5.79. The van der Waals surface area contributed by atoms with Gasteiger partial charge in [0.15, 0.2) is 0 Å². The minimum absolute atomic E-state index is 0.0865. The largest absolute Gasteiger partial charge is 0.342 e. The van der Waals surface area contributed by atoms with Crippen LogP contribution in [0.3, 0.4) is 0 Å². The van der Waals surface area contributed by atoms with Crippen molar-refractivity contribution in [3.63, 3.8) is 0 Å². The number of carbonyl (C=O) groups excluding carboxylic acids is 1. The molecular weight excluding hydrogens is 331 g/mol. The van der Waals surface area contributed by atoms with E-state index >= 15 is 0 Å². The van der Waals surface area contributed by atoms with Crippen molar-refractivity contribution in [2.24, 2.45) is 0 Å². The molecule has 0 radical (unpaired) electrons. The smallest absolute Gasteiger partial charge is 0.227 e. The van der Waals surface area contributed by atoms with Gasteiger partial charge in [0, 0.05) is 24.7 Å². The van der Waals surface area contributed by atoms with Gasteiger partial charge in [-0.1, -0.05) is 12.1 Å². The van der Waals surface area contributed by atoms with Gasteiger partial charge in [-0.3, -0.25) is 9.20 Å². The Morgan fingerprint density at radius 2 is 2.12 bits per heavy atom. The Balaban J connectivity index is 1.49. The Bertz CT molecular complexity index is 935. The number of likely N-dealkylation sites (tertiary alicyclic amines) is 1. The molecule has 0 spiro atoms. The van der Waals surface area contributed by atoms with Crippen LogP contribution < -0.4 is 0 Å². The number of halogens is 1. The second kappa shape index (κ2) is 6.86. The van der Waals surface area contributed by atoms with Crippen LogP contribution in [0.25, 0.3) is 5.52 Å². The Hall–Kier alpha value is -2.76. The minimum atomic E-state index is -0.282. The molecule has 5 nitrogen and oxygen atoms in total. The molecular formula is C20H21FN4O. The Kier molecular flexibility index (Phi) is 4.41. The molecule has 3 heterocycles. The third kappa shape index (κ3) is 3.31. The maximum absolute atomic E-state index is 13.0. The number of fused-ring (bicyclic) bond motifs is 1. The van der Waals surface area contributed by atoms with Gasteiger partial charge in [-0.15, -0.1) is 0 Å². The normalized spacial score (nSPS) is 17.6. The first-order chi connectivity index (χ1) is 12.6. The number of nitrogens with zero attached hydrogens (tertiary/aromatic N) is 4. The first kappa shape index (κ1) is 16.7. The third-order valence-electron chi connectivity index (χ3n) is 5.06. The van der Waals surface area contributed by atoms with E-state index in [1.165, 1.54) is 12.1 Å². The fraction of sp³-hybridized carbons (Fsp3) is 0.350. The summed E-state index contributed by atoms with van der Waals surface area (Å²) in [7, 11) is 0. The molecule has 26 heavy (non-hydrogen) atoms. The van der Waals surface area contributed by atoms with Gasteiger partial charge in [-0.25, -0.2) is 14.4 Å². The minimum Gasteiger partial charge on any atom is -0.342 e. The molecule has 6 heteroatoms. The Morgan fingerprint density at radius 1 is 1.31 bits per heavy atom. The quantitative estimate of drug-likeness (QED) is 0.728. The second-order valence-corrected chi connectivity index (χ2v) is 6.90. The van der Waals surface area contributed by atoms with Crippen LogP contribution in [0, 0.1) is 12.7 Å². The van der Waals surface area contributed by atoms with Gasteiger partial charge in [0.1, 0.15) is 18.0 Å². The highest BCUT2D eigenvalue weighted by atomic mass is 19.1. The zero-order valence-corrected chi connectivity index (χ0v) is 14.7. The number of amides is 1.